The van der Waals surface area contributed by atoms with Gasteiger partial charge in [0.05, 0.1) is 12.1 Å². The van der Waals surface area contributed by atoms with Crippen LogP contribution in [-0.4, -0.2) is 19.0 Å². The van der Waals surface area contributed by atoms with Crippen LogP contribution in [0.15, 0.2) is 84.9 Å². The number of nitrogens with one attached hydrogen (secondary N) is 1. The summed E-state index contributed by atoms with van der Waals surface area (Å²) < 4.78 is 10.6. The first-order valence-electron chi connectivity index (χ1n) is 9.20. The second kappa shape index (κ2) is 10.3. The van der Waals surface area contributed by atoms with Crippen molar-refractivity contribution in [3.8, 4) is 5.75 Å². The van der Waals surface area contributed by atoms with Gasteiger partial charge < -0.3 is 14.8 Å². The molecule has 0 saturated heterocycles. The van der Waals surface area contributed by atoms with Crippen molar-refractivity contribution in [2.24, 2.45) is 0 Å². The van der Waals surface area contributed by atoms with Gasteiger partial charge in [0.2, 0.25) is 6.10 Å². The fourth-order valence-electron chi connectivity index (χ4n) is 2.74. The molecule has 0 fully saturated rings. The first-order valence-corrected chi connectivity index (χ1v) is 9.57. The normalized spacial score (nSPS) is 11.7. The minimum atomic E-state index is -1.12. The monoisotopic (exact) mass is 421 g/mol. The maximum Gasteiger partial charge on any atom is 0.331 e. The molecule has 1 atom stereocenters. The summed E-state index contributed by atoms with van der Waals surface area (Å²) in [4.78, 5) is 25.3. The van der Waals surface area contributed by atoms with Gasteiger partial charge in [0.15, 0.2) is 0 Å². The zero-order valence-electron chi connectivity index (χ0n) is 16.2. The minimum absolute atomic E-state index is 0.356. The average Bonchev–Trinajstić information content (AvgIpc) is 2.77. The molecule has 3 aromatic rings. The molecule has 0 aliphatic rings. The Morgan fingerprint density at radius 3 is 2.27 bits per heavy atom. The number of ether oxygens (including phenoxy) is 2. The predicted octanol–water partition coefficient (Wildman–Crippen LogP) is 5.29. The van der Waals surface area contributed by atoms with Crippen LogP contribution in [0.2, 0.25) is 5.02 Å². The molecule has 1 N–H and O–H groups in total. The van der Waals surface area contributed by atoms with Gasteiger partial charge in [-0.2, -0.15) is 0 Å². The highest BCUT2D eigenvalue weighted by atomic mass is 35.5. The Morgan fingerprint density at radius 1 is 0.967 bits per heavy atom. The van der Waals surface area contributed by atoms with Crippen LogP contribution < -0.4 is 10.1 Å². The van der Waals surface area contributed by atoms with E-state index in [1.54, 1.807) is 48.5 Å². The summed E-state index contributed by atoms with van der Waals surface area (Å²) in [6.45, 7) is 0. The van der Waals surface area contributed by atoms with Crippen LogP contribution in [0, 0.1) is 0 Å². The van der Waals surface area contributed by atoms with Crippen molar-refractivity contribution in [1.29, 1.82) is 0 Å². The van der Waals surface area contributed by atoms with Crippen molar-refractivity contribution >= 4 is 35.2 Å². The third kappa shape index (κ3) is 5.72. The van der Waals surface area contributed by atoms with Crippen LogP contribution >= 0.6 is 11.6 Å². The zero-order valence-corrected chi connectivity index (χ0v) is 17.0. The molecule has 1 unspecified atom stereocenters. The average molecular weight is 422 g/mol. The summed E-state index contributed by atoms with van der Waals surface area (Å²) in [6, 6.07) is 23.0. The number of methoxy groups -OCH3 is 1. The highest BCUT2D eigenvalue weighted by molar-refractivity contribution is 6.32. The molecule has 0 bridgehead atoms. The molecule has 152 valence electrons. The van der Waals surface area contributed by atoms with Gasteiger partial charge in [-0.15, -0.1) is 0 Å². The lowest BCUT2D eigenvalue weighted by molar-refractivity contribution is -0.149. The molecule has 0 spiro atoms. The first-order chi connectivity index (χ1) is 14.6. The smallest absolute Gasteiger partial charge is 0.331 e. The first kappa shape index (κ1) is 21.1. The molecule has 30 heavy (non-hydrogen) atoms. The number of carbonyl (C=O) groups excluding carboxylic acids is 2. The summed E-state index contributed by atoms with van der Waals surface area (Å²) in [5.41, 5.74) is 1.86. The molecule has 0 saturated carbocycles. The highest BCUT2D eigenvalue weighted by Crippen LogP contribution is 2.28. The number of amides is 1. The molecule has 0 aliphatic heterocycles. The topological polar surface area (TPSA) is 64.6 Å². The van der Waals surface area contributed by atoms with Gasteiger partial charge >= 0.3 is 5.97 Å². The molecular weight excluding hydrogens is 402 g/mol. The zero-order chi connectivity index (χ0) is 21.3. The molecule has 0 heterocycles. The van der Waals surface area contributed by atoms with Crippen molar-refractivity contribution in [3.05, 3.63) is 101 Å². The highest BCUT2D eigenvalue weighted by Gasteiger charge is 2.24. The number of benzene rings is 3. The maximum atomic E-state index is 12.9. The Balaban J connectivity index is 1.77. The number of rotatable bonds is 7. The fourth-order valence-corrected chi connectivity index (χ4v) is 2.99. The molecule has 5 nitrogen and oxygen atoms in total. The Hall–Kier alpha value is -3.57. The summed E-state index contributed by atoms with van der Waals surface area (Å²) in [5.74, 6) is -0.633. The predicted molar refractivity (Wildman–Crippen MR) is 117 cm³/mol. The molecule has 1 amide bonds. The van der Waals surface area contributed by atoms with E-state index >= 15 is 0 Å². The number of carbonyl (C=O) groups is 2. The number of hydrogen-bond acceptors (Lipinski definition) is 4. The second-order valence-electron chi connectivity index (χ2n) is 6.31. The number of esters is 1. The summed E-state index contributed by atoms with van der Waals surface area (Å²) >= 11 is 6.12. The lowest BCUT2D eigenvalue weighted by atomic mass is 10.1. The molecular formula is C24H20ClNO4. The SMILES string of the molecule is COc1ccc(NC(=O)C(OC(=O)/C=C/c2ccccc2)c2ccccc2)cc1Cl. The van der Waals surface area contributed by atoms with E-state index in [2.05, 4.69) is 5.32 Å². The number of anilines is 1. The van der Waals surface area contributed by atoms with Crippen molar-refractivity contribution < 1.29 is 19.1 Å². The van der Waals surface area contributed by atoms with E-state index in [1.165, 1.54) is 13.2 Å². The van der Waals surface area contributed by atoms with Gasteiger partial charge in [0.25, 0.3) is 5.91 Å². The van der Waals surface area contributed by atoms with E-state index in [1.807, 2.05) is 36.4 Å². The summed E-state index contributed by atoms with van der Waals surface area (Å²) in [7, 11) is 1.51. The lowest BCUT2D eigenvalue weighted by Gasteiger charge is -2.17. The Labute approximate surface area is 179 Å². The van der Waals surface area contributed by atoms with Gasteiger partial charge in [-0.05, 0) is 29.8 Å². The van der Waals surface area contributed by atoms with E-state index in [0.29, 0.717) is 22.0 Å². The third-order valence-corrected chi connectivity index (χ3v) is 4.50. The number of hydrogen-bond donors (Lipinski definition) is 1. The van der Waals surface area contributed by atoms with Crippen molar-refractivity contribution in [1.82, 2.24) is 0 Å². The summed E-state index contributed by atoms with van der Waals surface area (Å²) in [5, 5.41) is 3.09. The lowest BCUT2D eigenvalue weighted by Crippen LogP contribution is -2.25. The van der Waals surface area contributed by atoms with Crippen LogP contribution in [0.5, 0.6) is 5.75 Å². The molecule has 3 aromatic carbocycles. The van der Waals surface area contributed by atoms with E-state index in [4.69, 9.17) is 21.1 Å². The quantitative estimate of drug-likeness (QED) is 0.416. The minimum Gasteiger partial charge on any atom is -0.495 e. The Kier molecular flexibility index (Phi) is 7.24. The van der Waals surface area contributed by atoms with Crippen LogP contribution in [0.3, 0.4) is 0 Å². The Morgan fingerprint density at radius 2 is 1.63 bits per heavy atom. The molecule has 0 aliphatic carbocycles. The standard InChI is InChI=1S/C24H20ClNO4/c1-29-21-14-13-19(16-20(21)25)26-24(28)23(18-10-6-3-7-11-18)30-22(27)15-12-17-8-4-2-5-9-17/h2-16,23H,1H3,(H,26,28)/b15-12+. The molecule has 0 aromatic heterocycles. The molecule has 0 radical (unpaired) electrons. The molecule has 6 heteroatoms. The van der Waals surface area contributed by atoms with E-state index in [-0.39, 0.29) is 0 Å². The second-order valence-corrected chi connectivity index (χ2v) is 6.72. The largest absolute Gasteiger partial charge is 0.495 e. The van der Waals surface area contributed by atoms with Crippen LogP contribution in [-0.2, 0) is 14.3 Å². The van der Waals surface area contributed by atoms with Crippen molar-refractivity contribution in [2.75, 3.05) is 12.4 Å². The van der Waals surface area contributed by atoms with Crippen molar-refractivity contribution in [3.63, 3.8) is 0 Å². The van der Waals surface area contributed by atoms with Gasteiger partial charge in [0.1, 0.15) is 5.75 Å². The van der Waals surface area contributed by atoms with Crippen molar-refractivity contribution in [2.45, 2.75) is 6.10 Å². The van der Waals surface area contributed by atoms with Crippen LogP contribution in [0.25, 0.3) is 6.08 Å². The fraction of sp³-hybridized carbons (Fsp3) is 0.0833. The van der Waals surface area contributed by atoms with Gasteiger partial charge in [-0.1, -0.05) is 72.3 Å². The van der Waals surface area contributed by atoms with E-state index in [9.17, 15) is 9.59 Å². The summed E-state index contributed by atoms with van der Waals surface area (Å²) in [6.07, 6.45) is 1.80. The number of halogens is 1. The van der Waals surface area contributed by atoms with E-state index < -0.39 is 18.0 Å². The van der Waals surface area contributed by atoms with E-state index in [0.717, 1.165) is 5.56 Å². The van der Waals surface area contributed by atoms with Crippen LogP contribution in [0.4, 0.5) is 5.69 Å². The van der Waals surface area contributed by atoms with Crippen LogP contribution in [0.1, 0.15) is 17.2 Å². The molecule has 3 rings (SSSR count). The van der Waals surface area contributed by atoms with Gasteiger partial charge in [-0.3, -0.25) is 4.79 Å². The Bertz CT molecular complexity index is 1040. The third-order valence-electron chi connectivity index (χ3n) is 4.21. The van der Waals surface area contributed by atoms with Gasteiger partial charge in [0, 0.05) is 17.3 Å². The van der Waals surface area contributed by atoms with Gasteiger partial charge in [-0.25, -0.2) is 4.79 Å². The maximum absolute atomic E-state index is 12.9.